The molecule has 28 heavy (non-hydrogen) atoms. The molecule has 1 aliphatic rings. The molecule has 0 bridgehead atoms. The predicted molar refractivity (Wildman–Crippen MR) is 107 cm³/mol. The maximum absolute atomic E-state index is 12.9. The van der Waals surface area contributed by atoms with Gasteiger partial charge in [0.2, 0.25) is 0 Å². The first-order valence-electron chi connectivity index (χ1n) is 9.46. The number of nitrogens with zero attached hydrogens (tertiary/aromatic N) is 1. The third kappa shape index (κ3) is 3.95. The number of nitrogens with one attached hydrogen (secondary N) is 2. The van der Waals surface area contributed by atoms with Crippen molar-refractivity contribution >= 4 is 11.6 Å². The third-order valence-corrected chi connectivity index (χ3v) is 5.48. The van der Waals surface area contributed by atoms with E-state index in [1.165, 1.54) is 4.90 Å². The summed E-state index contributed by atoms with van der Waals surface area (Å²) < 4.78 is 10.9. The second-order valence-electron chi connectivity index (χ2n) is 7.00. The van der Waals surface area contributed by atoms with E-state index in [0.717, 1.165) is 36.4 Å². The number of para-hydroxylation sites is 1. The molecule has 6 nitrogen and oxygen atoms in total. The zero-order chi connectivity index (χ0) is 20.1. The first-order valence-corrected chi connectivity index (χ1v) is 9.46. The summed E-state index contributed by atoms with van der Waals surface area (Å²) in [5.41, 5.74) is 2.11. The lowest BCUT2D eigenvalue weighted by atomic mass is 10.0. The number of hydrogen-bond acceptors (Lipinski definition) is 4. The molecule has 146 valence electrons. The van der Waals surface area contributed by atoms with Gasteiger partial charge in [0.25, 0.3) is 5.91 Å². The zero-order valence-corrected chi connectivity index (χ0v) is 16.5. The van der Waals surface area contributed by atoms with Crippen molar-refractivity contribution in [3.8, 4) is 17.6 Å². The number of benzene rings is 2. The fraction of sp³-hybridized carbons (Fsp3) is 0.364. The summed E-state index contributed by atoms with van der Waals surface area (Å²) in [6.45, 7) is 2.85. The van der Waals surface area contributed by atoms with Crippen LogP contribution in [0.5, 0.6) is 11.5 Å². The molecule has 1 aliphatic heterocycles. The highest BCUT2D eigenvalue weighted by molar-refractivity contribution is 5.94. The number of methoxy groups -OCH3 is 2. The van der Waals surface area contributed by atoms with Crippen LogP contribution in [0.4, 0.5) is 5.69 Å². The van der Waals surface area contributed by atoms with Crippen molar-refractivity contribution < 1.29 is 19.2 Å². The second-order valence-corrected chi connectivity index (χ2v) is 7.00. The van der Waals surface area contributed by atoms with Crippen LogP contribution in [0.2, 0.25) is 0 Å². The van der Waals surface area contributed by atoms with Crippen LogP contribution >= 0.6 is 0 Å². The van der Waals surface area contributed by atoms with Crippen LogP contribution in [0.3, 0.4) is 0 Å². The van der Waals surface area contributed by atoms with E-state index in [1.807, 2.05) is 31.2 Å². The molecule has 0 aliphatic carbocycles. The summed E-state index contributed by atoms with van der Waals surface area (Å²) in [6, 6.07) is 14.9. The minimum Gasteiger partial charge on any atom is -0.497 e. The molecule has 1 unspecified atom stereocenters. The molecular weight excluding hydrogens is 354 g/mol. The number of ether oxygens (including phenoxy) is 2. The van der Waals surface area contributed by atoms with Crippen molar-refractivity contribution in [2.45, 2.75) is 31.8 Å². The molecule has 1 amide bonds. The van der Waals surface area contributed by atoms with Gasteiger partial charge in [0, 0.05) is 18.9 Å². The number of amides is 1. The molecule has 1 heterocycles. The number of hydrogen-bond donors (Lipinski definition) is 2. The summed E-state index contributed by atoms with van der Waals surface area (Å²) in [6.07, 6.45) is 2.03. The number of anilines is 1. The maximum atomic E-state index is 12.9. The molecule has 1 fully saturated rings. The summed E-state index contributed by atoms with van der Waals surface area (Å²) in [7, 11) is 3.29. The van der Waals surface area contributed by atoms with Gasteiger partial charge in [-0.25, -0.2) is 0 Å². The van der Waals surface area contributed by atoms with Crippen molar-refractivity contribution in [1.29, 1.82) is 5.26 Å². The normalized spacial score (nSPS) is 19.5. The largest absolute Gasteiger partial charge is 0.497 e. The molecule has 0 spiro atoms. The molecule has 0 saturated carbocycles. The van der Waals surface area contributed by atoms with Crippen LogP contribution < -0.4 is 19.7 Å². The first kappa shape index (κ1) is 19.7. The molecule has 6 heteroatoms. The highest BCUT2D eigenvalue weighted by Gasteiger charge is 2.38. The van der Waals surface area contributed by atoms with E-state index in [1.54, 1.807) is 32.4 Å². The molecule has 0 aromatic heterocycles. The number of carbonyl (C=O) groups excluding carboxylic acids is 1. The number of likely N-dealkylation sites (tertiary alicyclic amines) is 1. The average Bonchev–Trinajstić information content (AvgIpc) is 3.22. The predicted octanol–water partition coefficient (Wildman–Crippen LogP) is 2.32. The quantitative estimate of drug-likeness (QED) is 0.807. The number of rotatable bonds is 6. The van der Waals surface area contributed by atoms with Gasteiger partial charge in [-0.05, 0) is 31.2 Å². The van der Waals surface area contributed by atoms with E-state index in [0.29, 0.717) is 11.3 Å². The van der Waals surface area contributed by atoms with Gasteiger partial charge in [0.1, 0.15) is 23.6 Å². The van der Waals surface area contributed by atoms with Gasteiger partial charge in [0.05, 0.1) is 37.6 Å². The SMILES string of the molecule is COc1ccc([C@H]2CCC[NH+]2[C@@H](C)C(=O)Nc2ccccc2C#N)c(OC)c1. The Hall–Kier alpha value is -3.04. The Bertz CT molecular complexity index is 891. The Morgan fingerprint density at radius 1 is 1.25 bits per heavy atom. The van der Waals surface area contributed by atoms with E-state index in [-0.39, 0.29) is 18.0 Å². The Labute approximate surface area is 165 Å². The fourth-order valence-corrected chi connectivity index (χ4v) is 3.95. The summed E-state index contributed by atoms with van der Waals surface area (Å²) >= 11 is 0. The Kier molecular flexibility index (Phi) is 6.17. The van der Waals surface area contributed by atoms with Gasteiger partial charge in [-0.15, -0.1) is 0 Å². The van der Waals surface area contributed by atoms with Crippen LogP contribution in [0.1, 0.15) is 36.9 Å². The molecule has 3 rings (SSSR count). The highest BCUT2D eigenvalue weighted by atomic mass is 16.5. The lowest BCUT2D eigenvalue weighted by Crippen LogP contribution is -3.15. The van der Waals surface area contributed by atoms with Crippen molar-refractivity contribution in [2.24, 2.45) is 0 Å². The number of carbonyl (C=O) groups is 1. The fourth-order valence-electron chi connectivity index (χ4n) is 3.95. The van der Waals surface area contributed by atoms with Gasteiger partial charge in [-0.2, -0.15) is 5.26 Å². The van der Waals surface area contributed by atoms with E-state index in [4.69, 9.17) is 9.47 Å². The summed E-state index contributed by atoms with van der Waals surface area (Å²) in [5.74, 6) is 1.45. The molecule has 2 N–H and O–H groups in total. The van der Waals surface area contributed by atoms with Crippen molar-refractivity contribution in [2.75, 3.05) is 26.1 Å². The van der Waals surface area contributed by atoms with Gasteiger partial charge in [0.15, 0.2) is 6.04 Å². The van der Waals surface area contributed by atoms with Crippen LogP contribution in [0.15, 0.2) is 42.5 Å². The van der Waals surface area contributed by atoms with Crippen molar-refractivity contribution in [3.63, 3.8) is 0 Å². The van der Waals surface area contributed by atoms with E-state index in [2.05, 4.69) is 11.4 Å². The van der Waals surface area contributed by atoms with Crippen LogP contribution in [-0.2, 0) is 4.79 Å². The summed E-state index contributed by atoms with van der Waals surface area (Å²) in [4.78, 5) is 14.1. The van der Waals surface area contributed by atoms with Crippen LogP contribution in [-0.4, -0.2) is 32.7 Å². The topological polar surface area (TPSA) is 75.8 Å². The zero-order valence-electron chi connectivity index (χ0n) is 16.5. The molecule has 0 radical (unpaired) electrons. The second kappa shape index (κ2) is 8.77. The van der Waals surface area contributed by atoms with E-state index >= 15 is 0 Å². The highest BCUT2D eigenvalue weighted by Crippen LogP contribution is 2.32. The van der Waals surface area contributed by atoms with Crippen molar-refractivity contribution in [1.82, 2.24) is 0 Å². The monoisotopic (exact) mass is 380 g/mol. The molecule has 1 saturated heterocycles. The van der Waals surface area contributed by atoms with Crippen LogP contribution in [0, 0.1) is 11.3 Å². The number of nitriles is 1. The van der Waals surface area contributed by atoms with Gasteiger partial charge < -0.3 is 19.7 Å². The molecular formula is C22H26N3O3+. The Morgan fingerprint density at radius 3 is 2.75 bits per heavy atom. The average molecular weight is 380 g/mol. The molecule has 2 aromatic rings. The smallest absolute Gasteiger partial charge is 0.282 e. The lowest BCUT2D eigenvalue weighted by Gasteiger charge is -2.28. The van der Waals surface area contributed by atoms with Crippen LogP contribution in [0.25, 0.3) is 0 Å². The minimum absolute atomic E-state index is 0.0860. The third-order valence-electron chi connectivity index (χ3n) is 5.48. The molecule has 3 atom stereocenters. The first-order chi connectivity index (χ1) is 13.6. The van der Waals surface area contributed by atoms with E-state index in [9.17, 15) is 10.1 Å². The lowest BCUT2D eigenvalue weighted by molar-refractivity contribution is -0.932. The Balaban J connectivity index is 1.80. The standard InChI is InChI=1S/C22H25N3O3/c1-15(22(26)24-19-8-5-4-7-16(19)14-23)25-12-6-9-20(25)18-11-10-17(27-2)13-21(18)28-3/h4-5,7-8,10-11,13,15,20H,6,9,12H2,1-3H3,(H,24,26)/p+1/t15-,20+/m0/s1. The van der Waals surface area contributed by atoms with Crippen molar-refractivity contribution in [3.05, 3.63) is 53.6 Å². The maximum Gasteiger partial charge on any atom is 0.282 e. The van der Waals surface area contributed by atoms with Gasteiger partial charge in [-0.3, -0.25) is 4.79 Å². The minimum atomic E-state index is -0.258. The summed E-state index contributed by atoms with van der Waals surface area (Å²) in [5, 5.41) is 12.2. The number of quaternary nitrogens is 1. The van der Waals surface area contributed by atoms with E-state index < -0.39 is 0 Å². The van der Waals surface area contributed by atoms with Gasteiger partial charge in [-0.1, -0.05) is 12.1 Å². The molecule has 2 aromatic carbocycles. The Morgan fingerprint density at radius 2 is 2.04 bits per heavy atom. The van der Waals surface area contributed by atoms with Gasteiger partial charge >= 0.3 is 0 Å².